The zero-order valence-corrected chi connectivity index (χ0v) is 23.6. The highest BCUT2D eigenvalue weighted by Gasteiger charge is 2.31. The van der Waals surface area contributed by atoms with Crippen molar-refractivity contribution in [2.45, 2.75) is 68.8 Å². The lowest BCUT2D eigenvalue weighted by atomic mass is 9.90. The topological polar surface area (TPSA) is 35.6 Å². The summed E-state index contributed by atoms with van der Waals surface area (Å²) in [6.45, 7) is 4.43. The van der Waals surface area contributed by atoms with Crippen molar-refractivity contribution in [3.05, 3.63) is 58.1 Å². The molecule has 2 saturated heterocycles. The van der Waals surface area contributed by atoms with Crippen LogP contribution in [0.1, 0.15) is 51.5 Å². The summed E-state index contributed by atoms with van der Waals surface area (Å²) in [7, 11) is 0. The Balaban J connectivity index is 0.00000420. The van der Waals surface area contributed by atoms with Crippen molar-refractivity contribution in [1.82, 2.24) is 9.80 Å². The second kappa shape index (κ2) is 14.9. The van der Waals surface area contributed by atoms with Crippen LogP contribution in [0.3, 0.4) is 0 Å². The van der Waals surface area contributed by atoms with Gasteiger partial charge in [-0.2, -0.15) is 13.2 Å². The number of piperidine rings is 2. The van der Waals surface area contributed by atoms with Gasteiger partial charge in [0.05, 0.1) is 5.02 Å². The molecule has 2 aromatic rings. The molecule has 1 amide bonds. The first-order valence-corrected chi connectivity index (χ1v) is 14.8. The molecule has 2 aromatic carbocycles. The molecule has 0 aliphatic carbocycles. The van der Waals surface area contributed by atoms with E-state index in [1.54, 1.807) is 6.07 Å². The zero-order chi connectivity index (χ0) is 27.1. The van der Waals surface area contributed by atoms with E-state index in [0.717, 1.165) is 50.3 Å². The van der Waals surface area contributed by atoms with Crippen LogP contribution in [0.25, 0.3) is 0 Å². The minimum Gasteiger partial charge on any atom is -0.382 e. The second-order valence-electron chi connectivity index (χ2n) is 10.2. The van der Waals surface area contributed by atoms with E-state index in [1.165, 1.54) is 30.5 Å². The summed E-state index contributed by atoms with van der Waals surface area (Å²) in [4.78, 5) is 17.1. The summed E-state index contributed by atoms with van der Waals surface area (Å²) < 4.78 is 38.3. The molecule has 2 heterocycles. The van der Waals surface area contributed by atoms with E-state index in [4.69, 9.17) is 23.2 Å². The molecule has 4 rings (SSSR count). The molecule has 216 valence electrons. The highest BCUT2D eigenvalue weighted by molar-refractivity contribution is 8.00. The van der Waals surface area contributed by atoms with Gasteiger partial charge in [-0.25, -0.2) is 0 Å². The number of alkyl halides is 3. The lowest BCUT2D eigenvalue weighted by Crippen LogP contribution is -2.42. The predicted octanol–water partition coefficient (Wildman–Crippen LogP) is 8.38. The second-order valence-corrected chi connectivity index (χ2v) is 12.2. The van der Waals surface area contributed by atoms with E-state index in [0.29, 0.717) is 31.1 Å². The van der Waals surface area contributed by atoms with Crippen LogP contribution in [0.2, 0.25) is 10.0 Å². The molecule has 0 aromatic heterocycles. The van der Waals surface area contributed by atoms with E-state index in [9.17, 15) is 18.0 Å². The largest absolute Gasteiger partial charge is 0.446 e. The summed E-state index contributed by atoms with van der Waals surface area (Å²) in [5.41, 5.74) is -2.43. The molecule has 0 radical (unpaired) electrons. The lowest BCUT2D eigenvalue weighted by Gasteiger charge is -2.34. The number of benzene rings is 2. The van der Waals surface area contributed by atoms with Gasteiger partial charge in [0.25, 0.3) is 0 Å². The number of amides is 1. The quantitative estimate of drug-likeness (QED) is 0.292. The Hall–Kier alpha value is -1.61. The third kappa shape index (κ3) is 10.4. The van der Waals surface area contributed by atoms with Gasteiger partial charge in [-0.05, 0) is 112 Å². The number of rotatable bonds is 9. The first kappa shape index (κ1) is 31.9. The van der Waals surface area contributed by atoms with Crippen LogP contribution < -0.4 is 5.32 Å². The standard InChI is InChI=1S/C28H34Cl2F3N3OS.CH4/c29-22-5-3-20(4-6-22)18-21-9-14-35(15-10-21)13-1-2-27(37)36-16-11-23(12-17-36)34-24-7-8-25(30)26(19-24)38-28(31,32)33;/h3-8,19,21,23,34H,1-2,9-18H2;1H4. The van der Waals surface area contributed by atoms with Crippen LogP contribution in [-0.2, 0) is 11.2 Å². The molecule has 0 saturated carbocycles. The Morgan fingerprint density at radius 1 is 0.974 bits per heavy atom. The maximum Gasteiger partial charge on any atom is 0.446 e. The SMILES string of the molecule is C.O=C(CCCN1CCC(Cc2ccc(Cl)cc2)CC1)N1CCC(Nc2ccc(Cl)c(SC(F)(F)F)c2)CC1. The molecule has 1 N–H and O–H groups in total. The monoisotopic (exact) mass is 603 g/mol. The molecular weight excluding hydrogens is 566 g/mol. The van der Waals surface area contributed by atoms with Gasteiger partial charge in [-0.3, -0.25) is 4.79 Å². The summed E-state index contributed by atoms with van der Waals surface area (Å²) in [5.74, 6) is 0.892. The molecule has 0 unspecified atom stereocenters. The maximum absolute atomic E-state index is 12.8. The van der Waals surface area contributed by atoms with Crippen molar-refractivity contribution in [2.75, 3.05) is 38.0 Å². The number of hydrogen-bond donors (Lipinski definition) is 1. The molecule has 0 atom stereocenters. The van der Waals surface area contributed by atoms with Gasteiger partial charge < -0.3 is 15.1 Å². The number of nitrogens with zero attached hydrogens (tertiary/aromatic N) is 2. The Kier molecular flexibility index (Phi) is 12.2. The zero-order valence-electron chi connectivity index (χ0n) is 21.3. The number of carbonyl (C=O) groups is 1. The van der Waals surface area contributed by atoms with E-state index >= 15 is 0 Å². The molecule has 10 heteroatoms. The average Bonchev–Trinajstić information content (AvgIpc) is 2.88. The first-order valence-electron chi connectivity index (χ1n) is 13.2. The Bertz CT molecular complexity index is 1050. The van der Waals surface area contributed by atoms with Crippen molar-refractivity contribution in [3.63, 3.8) is 0 Å². The van der Waals surface area contributed by atoms with Crippen LogP contribution in [0.5, 0.6) is 0 Å². The van der Waals surface area contributed by atoms with Gasteiger partial charge in [-0.15, -0.1) is 0 Å². The Labute approximate surface area is 244 Å². The number of nitrogens with one attached hydrogen (secondary N) is 1. The fourth-order valence-corrected chi connectivity index (χ4v) is 6.25. The van der Waals surface area contributed by atoms with Crippen LogP contribution in [0.15, 0.2) is 47.4 Å². The van der Waals surface area contributed by atoms with Crippen LogP contribution in [0, 0.1) is 5.92 Å². The molecule has 2 aliphatic rings. The average molecular weight is 605 g/mol. The van der Waals surface area contributed by atoms with Crippen molar-refractivity contribution in [3.8, 4) is 0 Å². The highest BCUT2D eigenvalue weighted by atomic mass is 35.5. The number of likely N-dealkylation sites (tertiary alicyclic amines) is 2. The molecule has 39 heavy (non-hydrogen) atoms. The number of thioether (sulfide) groups is 1. The molecule has 0 spiro atoms. The number of halogens is 5. The van der Waals surface area contributed by atoms with Gasteiger partial charge in [0.15, 0.2) is 0 Å². The maximum atomic E-state index is 12.8. The Morgan fingerprint density at radius 2 is 1.64 bits per heavy atom. The minimum absolute atomic E-state index is 0. The fourth-order valence-electron chi connectivity index (χ4n) is 5.28. The summed E-state index contributed by atoms with van der Waals surface area (Å²) in [6, 6.07) is 12.9. The third-order valence-electron chi connectivity index (χ3n) is 7.39. The molecule has 4 nitrogen and oxygen atoms in total. The van der Waals surface area contributed by atoms with Crippen molar-refractivity contribution in [2.24, 2.45) is 5.92 Å². The van der Waals surface area contributed by atoms with E-state index in [2.05, 4.69) is 22.3 Å². The van der Waals surface area contributed by atoms with Crippen LogP contribution in [-0.4, -0.2) is 60.0 Å². The summed E-state index contributed by atoms with van der Waals surface area (Å²) >= 11 is 11.7. The van der Waals surface area contributed by atoms with Gasteiger partial charge in [0.2, 0.25) is 5.91 Å². The van der Waals surface area contributed by atoms with Gasteiger partial charge >= 0.3 is 5.51 Å². The van der Waals surface area contributed by atoms with Gasteiger partial charge in [-0.1, -0.05) is 42.8 Å². The van der Waals surface area contributed by atoms with Crippen molar-refractivity contribution in [1.29, 1.82) is 0 Å². The number of anilines is 1. The number of hydrogen-bond acceptors (Lipinski definition) is 4. The Morgan fingerprint density at radius 3 is 2.28 bits per heavy atom. The molecular formula is C29H38Cl2F3N3OS. The normalized spacial score (nSPS) is 17.6. The van der Waals surface area contributed by atoms with E-state index in [1.807, 2.05) is 17.0 Å². The molecule has 2 aliphatic heterocycles. The minimum atomic E-state index is -4.39. The van der Waals surface area contributed by atoms with E-state index < -0.39 is 5.51 Å². The van der Waals surface area contributed by atoms with Crippen molar-refractivity contribution < 1.29 is 18.0 Å². The van der Waals surface area contributed by atoms with Crippen LogP contribution in [0.4, 0.5) is 18.9 Å². The molecule has 2 fully saturated rings. The van der Waals surface area contributed by atoms with Crippen LogP contribution >= 0.6 is 35.0 Å². The summed E-state index contributed by atoms with van der Waals surface area (Å²) in [5, 5.41) is 4.17. The fraction of sp³-hybridized carbons (Fsp3) is 0.552. The summed E-state index contributed by atoms with van der Waals surface area (Å²) in [6.07, 6.45) is 6.40. The van der Waals surface area contributed by atoms with Gasteiger partial charge in [0, 0.05) is 41.2 Å². The number of carbonyl (C=O) groups excluding carboxylic acids is 1. The lowest BCUT2D eigenvalue weighted by molar-refractivity contribution is -0.132. The van der Waals surface area contributed by atoms with Crippen molar-refractivity contribution >= 4 is 46.6 Å². The smallest absolute Gasteiger partial charge is 0.382 e. The molecule has 0 bridgehead atoms. The van der Waals surface area contributed by atoms with E-state index in [-0.39, 0.29) is 41.1 Å². The first-order chi connectivity index (χ1) is 18.1. The highest BCUT2D eigenvalue weighted by Crippen LogP contribution is 2.41. The third-order valence-corrected chi connectivity index (χ3v) is 8.87. The van der Waals surface area contributed by atoms with Gasteiger partial charge in [0.1, 0.15) is 0 Å². The predicted molar refractivity (Wildman–Crippen MR) is 157 cm³/mol.